The second-order valence-electron chi connectivity index (χ2n) is 6.05. The second kappa shape index (κ2) is 8.42. The molecule has 0 unspecified atom stereocenters. The standard InChI is InChI=1S/C19H24N2O2S/c1-2-16(18-9-5-11-24-18)20-13-14-6-3-7-15(12-14)21-19(22)17-8-4-10-23-17/h3,5-7,9,11-12,16-17,20H,2,4,8,10,13H2,1H3,(H,21,22)/t16-,17+/m1/s1. The Morgan fingerprint density at radius 2 is 2.29 bits per heavy atom. The molecule has 1 aromatic carbocycles. The molecule has 2 aromatic rings. The molecule has 5 heteroatoms. The molecule has 0 saturated carbocycles. The lowest BCUT2D eigenvalue weighted by Crippen LogP contribution is -2.27. The monoisotopic (exact) mass is 344 g/mol. The van der Waals surface area contributed by atoms with Crippen LogP contribution in [0.25, 0.3) is 0 Å². The zero-order valence-corrected chi connectivity index (χ0v) is 14.8. The Labute approximate surface area is 147 Å². The van der Waals surface area contributed by atoms with Crippen LogP contribution in [0.4, 0.5) is 5.69 Å². The van der Waals surface area contributed by atoms with E-state index in [0.717, 1.165) is 37.1 Å². The van der Waals surface area contributed by atoms with Gasteiger partial charge >= 0.3 is 0 Å². The van der Waals surface area contributed by atoms with Crippen molar-refractivity contribution in [2.24, 2.45) is 0 Å². The Morgan fingerprint density at radius 1 is 1.38 bits per heavy atom. The second-order valence-corrected chi connectivity index (χ2v) is 7.03. The number of hydrogen-bond donors (Lipinski definition) is 2. The summed E-state index contributed by atoms with van der Waals surface area (Å²) >= 11 is 1.78. The molecule has 2 atom stereocenters. The molecule has 1 amide bonds. The predicted molar refractivity (Wildman–Crippen MR) is 98.2 cm³/mol. The highest BCUT2D eigenvalue weighted by Gasteiger charge is 2.23. The molecule has 3 rings (SSSR count). The van der Waals surface area contributed by atoms with Gasteiger partial charge in [-0.05, 0) is 48.4 Å². The van der Waals surface area contributed by atoms with Crippen LogP contribution in [-0.4, -0.2) is 18.6 Å². The predicted octanol–water partition coefficient (Wildman–Crippen LogP) is 4.11. The minimum absolute atomic E-state index is 0.0392. The lowest BCUT2D eigenvalue weighted by Gasteiger charge is -2.16. The van der Waals surface area contributed by atoms with Crippen molar-refractivity contribution in [3.05, 3.63) is 52.2 Å². The van der Waals surface area contributed by atoms with Gasteiger partial charge in [0.15, 0.2) is 0 Å². The van der Waals surface area contributed by atoms with Gasteiger partial charge in [-0.15, -0.1) is 11.3 Å². The van der Waals surface area contributed by atoms with E-state index in [0.29, 0.717) is 12.6 Å². The van der Waals surface area contributed by atoms with Crippen LogP contribution in [0, 0.1) is 0 Å². The molecule has 2 N–H and O–H groups in total. The maximum absolute atomic E-state index is 12.1. The molecule has 0 radical (unpaired) electrons. The SMILES string of the molecule is CC[C@@H](NCc1cccc(NC(=O)[C@@H]2CCCO2)c1)c1cccs1. The number of ether oxygens (including phenoxy) is 1. The first-order valence-corrected chi connectivity index (χ1v) is 9.42. The van der Waals surface area contributed by atoms with Crippen LogP contribution >= 0.6 is 11.3 Å². The summed E-state index contributed by atoms with van der Waals surface area (Å²) in [4.78, 5) is 13.5. The van der Waals surface area contributed by atoms with Gasteiger partial charge in [0.05, 0.1) is 0 Å². The number of anilines is 1. The smallest absolute Gasteiger partial charge is 0.253 e. The van der Waals surface area contributed by atoms with Crippen LogP contribution in [0.15, 0.2) is 41.8 Å². The van der Waals surface area contributed by atoms with Crippen molar-refractivity contribution in [2.45, 2.75) is 44.9 Å². The van der Waals surface area contributed by atoms with Gasteiger partial charge in [0.25, 0.3) is 5.91 Å². The van der Waals surface area contributed by atoms with Crippen LogP contribution in [0.1, 0.15) is 42.7 Å². The first-order chi connectivity index (χ1) is 11.8. The van der Waals surface area contributed by atoms with Gasteiger partial charge in [-0.2, -0.15) is 0 Å². The van der Waals surface area contributed by atoms with Crippen molar-refractivity contribution < 1.29 is 9.53 Å². The fraction of sp³-hybridized carbons (Fsp3) is 0.421. The van der Waals surface area contributed by atoms with E-state index < -0.39 is 0 Å². The van der Waals surface area contributed by atoms with Crippen molar-refractivity contribution in [3.8, 4) is 0 Å². The molecular weight excluding hydrogens is 320 g/mol. The topological polar surface area (TPSA) is 50.4 Å². The first kappa shape index (κ1) is 17.1. The number of carbonyl (C=O) groups excluding carboxylic acids is 1. The minimum Gasteiger partial charge on any atom is -0.368 e. The number of carbonyl (C=O) groups is 1. The average Bonchev–Trinajstić information content (AvgIpc) is 3.30. The highest BCUT2D eigenvalue weighted by Crippen LogP contribution is 2.22. The summed E-state index contributed by atoms with van der Waals surface area (Å²) in [5, 5.41) is 8.67. The normalized spacial score (nSPS) is 18.5. The third-order valence-electron chi connectivity index (χ3n) is 4.26. The molecule has 128 valence electrons. The third-order valence-corrected chi connectivity index (χ3v) is 5.25. The Hall–Kier alpha value is -1.69. The minimum atomic E-state index is -0.296. The molecule has 4 nitrogen and oxygen atoms in total. The van der Waals surface area contributed by atoms with E-state index >= 15 is 0 Å². The lowest BCUT2D eigenvalue weighted by molar-refractivity contribution is -0.124. The molecule has 1 saturated heterocycles. The molecule has 1 fully saturated rings. The number of nitrogens with one attached hydrogen (secondary N) is 2. The number of hydrogen-bond acceptors (Lipinski definition) is 4. The van der Waals surface area contributed by atoms with Crippen LogP contribution in [0.3, 0.4) is 0 Å². The Balaban J connectivity index is 1.57. The van der Waals surface area contributed by atoms with Crippen molar-refractivity contribution in [2.75, 3.05) is 11.9 Å². The van der Waals surface area contributed by atoms with Crippen LogP contribution in [0.2, 0.25) is 0 Å². The van der Waals surface area contributed by atoms with E-state index in [1.54, 1.807) is 11.3 Å². The summed E-state index contributed by atoms with van der Waals surface area (Å²) in [7, 11) is 0. The van der Waals surface area contributed by atoms with Crippen molar-refractivity contribution in [3.63, 3.8) is 0 Å². The third kappa shape index (κ3) is 4.44. The highest BCUT2D eigenvalue weighted by atomic mass is 32.1. The molecule has 0 spiro atoms. The highest BCUT2D eigenvalue weighted by molar-refractivity contribution is 7.10. The number of thiophene rings is 1. The summed E-state index contributed by atoms with van der Waals surface area (Å²) in [6.07, 6.45) is 2.53. The van der Waals surface area contributed by atoms with Crippen molar-refractivity contribution in [1.82, 2.24) is 5.32 Å². The van der Waals surface area contributed by atoms with Crippen LogP contribution in [-0.2, 0) is 16.1 Å². The molecule has 1 aliphatic heterocycles. The van der Waals surface area contributed by atoms with Crippen LogP contribution in [0.5, 0.6) is 0 Å². The van der Waals surface area contributed by atoms with Gasteiger partial charge in [-0.25, -0.2) is 0 Å². The van der Waals surface area contributed by atoms with E-state index in [9.17, 15) is 4.79 Å². The van der Waals surface area contributed by atoms with Gasteiger partial charge in [-0.1, -0.05) is 25.1 Å². The summed E-state index contributed by atoms with van der Waals surface area (Å²) in [6.45, 7) is 3.65. The van der Waals surface area contributed by atoms with Crippen molar-refractivity contribution >= 4 is 22.9 Å². The molecule has 1 aromatic heterocycles. The maximum atomic E-state index is 12.1. The van der Waals surface area contributed by atoms with E-state index in [-0.39, 0.29) is 12.0 Å². The molecular formula is C19H24N2O2S. The zero-order chi connectivity index (χ0) is 16.8. The summed E-state index contributed by atoms with van der Waals surface area (Å²) in [5.41, 5.74) is 1.99. The number of rotatable bonds is 7. The van der Waals surface area contributed by atoms with Gasteiger partial charge < -0.3 is 15.4 Å². The fourth-order valence-corrected chi connectivity index (χ4v) is 3.83. The Kier molecular flexibility index (Phi) is 6.01. The number of benzene rings is 1. The fourth-order valence-electron chi connectivity index (χ4n) is 2.94. The Bertz CT molecular complexity index is 651. The largest absolute Gasteiger partial charge is 0.368 e. The van der Waals surface area contributed by atoms with E-state index in [2.05, 4.69) is 41.1 Å². The van der Waals surface area contributed by atoms with Gasteiger partial charge in [0.1, 0.15) is 6.10 Å². The molecule has 24 heavy (non-hydrogen) atoms. The Morgan fingerprint density at radius 3 is 3.00 bits per heavy atom. The molecule has 0 bridgehead atoms. The molecule has 0 aliphatic carbocycles. The van der Waals surface area contributed by atoms with E-state index in [4.69, 9.17) is 4.74 Å². The summed E-state index contributed by atoms with van der Waals surface area (Å²) in [5.74, 6) is -0.0392. The van der Waals surface area contributed by atoms with Gasteiger partial charge in [-0.3, -0.25) is 4.79 Å². The van der Waals surface area contributed by atoms with Crippen molar-refractivity contribution in [1.29, 1.82) is 0 Å². The lowest BCUT2D eigenvalue weighted by atomic mass is 10.1. The van der Waals surface area contributed by atoms with Gasteiger partial charge in [0.2, 0.25) is 0 Å². The maximum Gasteiger partial charge on any atom is 0.253 e. The number of amides is 1. The molecule has 1 aliphatic rings. The summed E-state index contributed by atoms with van der Waals surface area (Å²) < 4.78 is 5.43. The zero-order valence-electron chi connectivity index (χ0n) is 14.0. The quantitative estimate of drug-likeness (QED) is 0.795. The summed E-state index contributed by atoms with van der Waals surface area (Å²) in [6, 6.07) is 12.6. The molecule has 2 heterocycles. The van der Waals surface area contributed by atoms with E-state index in [1.165, 1.54) is 4.88 Å². The van der Waals surface area contributed by atoms with Gasteiger partial charge in [0, 0.05) is 29.8 Å². The first-order valence-electron chi connectivity index (χ1n) is 8.54. The average molecular weight is 344 g/mol. The van der Waals surface area contributed by atoms with Crippen LogP contribution < -0.4 is 10.6 Å². The van der Waals surface area contributed by atoms with E-state index in [1.807, 2.05) is 18.2 Å².